The minimum atomic E-state index is 0.263. The van der Waals surface area contributed by atoms with Crippen LogP contribution >= 0.6 is 0 Å². The Hall–Kier alpha value is -1.22. The highest BCUT2D eigenvalue weighted by molar-refractivity contribution is 5.51. The van der Waals surface area contributed by atoms with Gasteiger partial charge in [0, 0.05) is 0 Å². The molecular weight excluding hydrogens is 226 g/mol. The molecule has 0 aliphatic heterocycles. The first-order valence-corrected chi connectivity index (χ1v) is 6.48. The van der Waals surface area contributed by atoms with Crippen molar-refractivity contribution in [3.63, 3.8) is 0 Å². The molecule has 1 unspecified atom stereocenters. The van der Waals surface area contributed by atoms with Gasteiger partial charge in [-0.1, -0.05) is 13.8 Å². The first-order chi connectivity index (χ1) is 8.53. The molecule has 0 spiro atoms. The Morgan fingerprint density at radius 3 is 2.39 bits per heavy atom. The van der Waals surface area contributed by atoms with E-state index in [1.807, 2.05) is 0 Å². The maximum atomic E-state index is 5.76. The molecule has 1 aromatic carbocycles. The molecule has 18 heavy (non-hydrogen) atoms. The van der Waals surface area contributed by atoms with Crippen molar-refractivity contribution in [3.8, 4) is 11.5 Å². The summed E-state index contributed by atoms with van der Waals surface area (Å²) >= 11 is 0. The molecule has 2 N–H and O–H groups in total. The van der Waals surface area contributed by atoms with E-state index in [0.29, 0.717) is 5.92 Å². The van der Waals surface area contributed by atoms with Crippen LogP contribution in [0.4, 0.5) is 0 Å². The largest absolute Gasteiger partial charge is 0.493 e. The van der Waals surface area contributed by atoms with Crippen LogP contribution in [0, 0.1) is 5.41 Å². The fourth-order valence-corrected chi connectivity index (χ4v) is 3.16. The SMILES string of the molecule is COc1cc2c(cc1OC)C(CCN)C(C)(C)C2. The summed E-state index contributed by atoms with van der Waals surface area (Å²) in [7, 11) is 3.37. The van der Waals surface area contributed by atoms with Crippen LogP contribution in [-0.2, 0) is 6.42 Å². The van der Waals surface area contributed by atoms with Crippen LogP contribution in [0.3, 0.4) is 0 Å². The second-order valence-corrected chi connectivity index (χ2v) is 5.70. The molecule has 2 rings (SSSR count). The lowest BCUT2D eigenvalue weighted by molar-refractivity contribution is 0.301. The topological polar surface area (TPSA) is 44.5 Å². The summed E-state index contributed by atoms with van der Waals surface area (Å²) in [5.74, 6) is 2.15. The van der Waals surface area contributed by atoms with E-state index in [1.165, 1.54) is 11.1 Å². The molecule has 3 heteroatoms. The van der Waals surface area contributed by atoms with Gasteiger partial charge in [0.1, 0.15) is 0 Å². The second kappa shape index (κ2) is 4.81. The smallest absolute Gasteiger partial charge is 0.161 e. The predicted octanol–water partition coefficient (Wildman–Crippen LogP) is 2.72. The highest BCUT2D eigenvalue weighted by Gasteiger charge is 2.39. The molecule has 1 aromatic rings. The van der Waals surface area contributed by atoms with Crippen molar-refractivity contribution in [2.45, 2.75) is 32.6 Å². The van der Waals surface area contributed by atoms with Gasteiger partial charge in [-0.3, -0.25) is 0 Å². The van der Waals surface area contributed by atoms with Gasteiger partial charge in [0.05, 0.1) is 14.2 Å². The summed E-state index contributed by atoms with van der Waals surface area (Å²) in [6, 6.07) is 4.25. The van der Waals surface area contributed by atoms with Crippen LogP contribution in [-0.4, -0.2) is 20.8 Å². The third kappa shape index (κ3) is 2.07. The average Bonchev–Trinajstić information content (AvgIpc) is 2.58. The number of methoxy groups -OCH3 is 2. The van der Waals surface area contributed by atoms with Gasteiger partial charge in [0.2, 0.25) is 0 Å². The summed E-state index contributed by atoms with van der Waals surface area (Å²) in [5, 5.41) is 0. The van der Waals surface area contributed by atoms with E-state index in [2.05, 4.69) is 26.0 Å². The molecule has 0 amide bonds. The molecule has 0 bridgehead atoms. The van der Waals surface area contributed by atoms with Gasteiger partial charge >= 0.3 is 0 Å². The standard InChI is InChI=1S/C15H23NO2/c1-15(2)9-10-7-13(17-3)14(18-4)8-11(10)12(15)5-6-16/h7-8,12H,5-6,9,16H2,1-4H3. The number of nitrogens with two attached hydrogens (primary N) is 1. The zero-order valence-corrected chi connectivity index (χ0v) is 11.7. The number of rotatable bonds is 4. The normalized spacial score (nSPS) is 20.6. The summed E-state index contributed by atoms with van der Waals surface area (Å²) in [4.78, 5) is 0. The van der Waals surface area contributed by atoms with Gasteiger partial charge < -0.3 is 15.2 Å². The lowest BCUT2D eigenvalue weighted by atomic mass is 9.78. The van der Waals surface area contributed by atoms with E-state index in [0.717, 1.165) is 30.9 Å². The molecule has 0 aromatic heterocycles. The molecule has 1 aliphatic rings. The molecule has 0 heterocycles. The molecule has 3 nitrogen and oxygen atoms in total. The van der Waals surface area contributed by atoms with Crippen molar-refractivity contribution in [3.05, 3.63) is 23.3 Å². The molecule has 1 atom stereocenters. The summed E-state index contributed by atoms with van der Waals surface area (Å²) in [6.45, 7) is 5.35. The fraction of sp³-hybridized carbons (Fsp3) is 0.600. The van der Waals surface area contributed by atoms with Crippen molar-refractivity contribution in [2.24, 2.45) is 11.1 Å². The van der Waals surface area contributed by atoms with Gasteiger partial charge in [0.15, 0.2) is 11.5 Å². The van der Waals surface area contributed by atoms with Crippen molar-refractivity contribution in [2.75, 3.05) is 20.8 Å². The van der Waals surface area contributed by atoms with Crippen molar-refractivity contribution in [1.29, 1.82) is 0 Å². The zero-order valence-electron chi connectivity index (χ0n) is 11.7. The first kappa shape index (κ1) is 13.2. The Bertz CT molecular complexity index is 440. The Balaban J connectivity index is 2.47. The number of benzene rings is 1. The highest BCUT2D eigenvalue weighted by atomic mass is 16.5. The third-order valence-corrected chi connectivity index (χ3v) is 4.07. The van der Waals surface area contributed by atoms with E-state index in [4.69, 9.17) is 15.2 Å². The molecule has 0 fully saturated rings. The average molecular weight is 249 g/mol. The van der Waals surface area contributed by atoms with Crippen LogP contribution < -0.4 is 15.2 Å². The van der Waals surface area contributed by atoms with Crippen molar-refractivity contribution < 1.29 is 9.47 Å². The highest BCUT2D eigenvalue weighted by Crippen LogP contribution is 2.51. The van der Waals surface area contributed by atoms with Crippen molar-refractivity contribution in [1.82, 2.24) is 0 Å². The quantitative estimate of drug-likeness (QED) is 0.892. The maximum absolute atomic E-state index is 5.76. The van der Waals surface area contributed by atoms with Crippen molar-refractivity contribution >= 4 is 0 Å². The monoisotopic (exact) mass is 249 g/mol. The van der Waals surface area contributed by atoms with Crippen LogP contribution in [0.2, 0.25) is 0 Å². The Kier molecular flexibility index (Phi) is 3.53. The van der Waals surface area contributed by atoms with Gasteiger partial charge in [-0.2, -0.15) is 0 Å². The van der Waals surface area contributed by atoms with Gasteiger partial charge in [-0.25, -0.2) is 0 Å². The van der Waals surface area contributed by atoms with Gasteiger partial charge in [-0.05, 0) is 54.0 Å². The maximum Gasteiger partial charge on any atom is 0.161 e. The van der Waals surface area contributed by atoms with Crippen LogP contribution in [0.25, 0.3) is 0 Å². The number of fused-ring (bicyclic) bond motifs is 1. The Morgan fingerprint density at radius 2 is 1.83 bits per heavy atom. The summed E-state index contributed by atoms with van der Waals surface area (Å²) < 4.78 is 10.8. The molecule has 0 saturated carbocycles. The fourth-order valence-electron chi connectivity index (χ4n) is 3.16. The molecule has 0 saturated heterocycles. The molecule has 0 radical (unpaired) electrons. The first-order valence-electron chi connectivity index (χ1n) is 6.48. The van der Waals surface area contributed by atoms with Gasteiger partial charge in [0.25, 0.3) is 0 Å². The summed E-state index contributed by atoms with van der Waals surface area (Å²) in [6.07, 6.45) is 2.10. The van der Waals surface area contributed by atoms with E-state index in [9.17, 15) is 0 Å². The lowest BCUT2D eigenvalue weighted by Gasteiger charge is -2.27. The number of hydrogen-bond acceptors (Lipinski definition) is 3. The minimum absolute atomic E-state index is 0.263. The van der Waals surface area contributed by atoms with Crippen LogP contribution in [0.15, 0.2) is 12.1 Å². The van der Waals surface area contributed by atoms with E-state index in [-0.39, 0.29) is 5.41 Å². The van der Waals surface area contributed by atoms with E-state index < -0.39 is 0 Å². The number of ether oxygens (including phenoxy) is 2. The molecular formula is C15H23NO2. The summed E-state index contributed by atoms with van der Waals surface area (Å²) in [5.41, 5.74) is 8.77. The lowest BCUT2D eigenvalue weighted by Crippen LogP contribution is -2.20. The second-order valence-electron chi connectivity index (χ2n) is 5.70. The molecule has 1 aliphatic carbocycles. The minimum Gasteiger partial charge on any atom is -0.493 e. The van der Waals surface area contributed by atoms with Crippen LogP contribution in [0.5, 0.6) is 11.5 Å². The third-order valence-electron chi connectivity index (χ3n) is 4.07. The predicted molar refractivity (Wildman–Crippen MR) is 73.4 cm³/mol. The number of hydrogen-bond donors (Lipinski definition) is 1. The zero-order chi connectivity index (χ0) is 13.3. The Labute approximate surface area is 109 Å². The van der Waals surface area contributed by atoms with E-state index >= 15 is 0 Å². The molecule has 100 valence electrons. The Morgan fingerprint density at radius 1 is 1.22 bits per heavy atom. The van der Waals surface area contributed by atoms with E-state index in [1.54, 1.807) is 14.2 Å². The van der Waals surface area contributed by atoms with Crippen LogP contribution in [0.1, 0.15) is 37.3 Å². The van der Waals surface area contributed by atoms with Gasteiger partial charge in [-0.15, -0.1) is 0 Å².